The van der Waals surface area contributed by atoms with Crippen molar-refractivity contribution in [2.75, 3.05) is 23.3 Å². The van der Waals surface area contributed by atoms with Gasteiger partial charge in [0.25, 0.3) is 15.9 Å². The van der Waals surface area contributed by atoms with Gasteiger partial charge in [0.15, 0.2) is 0 Å². The van der Waals surface area contributed by atoms with Crippen molar-refractivity contribution in [2.24, 2.45) is 0 Å². The van der Waals surface area contributed by atoms with E-state index in [-0.39, 0.29) is 15.4 Å². The summed E-state index contributed by atoms with van der Waals surface area (Å²) in [5.74, 6) is -0.374. The molecule has 1 unspecified atom stereocenters. The summed E-state index contributed by atoms with van der Waals surface area (Å²) in [5.41, 5.74) is 2.47. The van der Waals surface area contributed by atoms with Crippen LogP contribution < -0.4 is 14.9 Å². The summed E-state index contributed by atoms with van der Waals surface area (Å²) in [7, 11) is -3.88. The highest BCUT2D eigenvalue weighted by molar-refractivity contribution is 7.91. The summed E-state index contributed by atoms with van der Waals surface area (Å²) in [6.07, 6.45) is 3.68. The third-order valence-electron chi connectivity index (χ3n) is 5.34. The van der Waals surface area contributed by atoms with Crippen molar-refractivity contribution in [3.05, 3.63) is 65.7 Å². The Labute approximate surface area is 191 Å². The number of carbonyl (C=O) groups is 1. The summed E-state index contributed by atoms with van der Waals surface area (Å²) >= 11 is 0.810. The molecule has 1 fully saturated rings. The molecule has 10 heteroatoms. The van der Waals surface area contributed by atoms with Gasteiger partial charge < -0.3 is 4.90 Å². The summed E-state index contributed by atoms with van der Waals surface area (Å²) in [4.78, 5) is 14.6. The third kappa shape index (κ3) is 5.32. The third-order valence-corrected chi connectivity index (χ3v) is 8.09. The summed E-state index contributed by atoms with van der Waals surface area (Å²) in [5, 5.41) is 10.3. The summed E-state index contributed by atoms with van der Waals surface area (Å²) < 4.78 is 28.0. The molecule has 1 saturated heterocycles. The number of aromatic nitrogens is 2. The first-order chi connectivity index (χ1) is 15.4. The second-order valence-corrected chi connectivity index (χ2v) is 10.5. The number of hydrogen-bond donors (Lipinski definition) is 2. The van der Waals surface area contributed by atoms with E-state index in [9.17, 15) is 13.2 Å². The Kier molecular flexibility index (Phi) is 6.83. The molecule has 2 aromatic carbocycles. The second kappa shape index (κ2) is 9.76. The van der Waals surface area contributed by atoms with Gasteiger partial charge in [-0.15, -0.1) is 10.2 Å². The molecule has 1 amide bonds. The molecular weight excluding hydrogens is 446 g/mol. The minimum Gasteiger partial charge on any atom is -0.372 e. The van der Waals surface area contributed by atoms with E-state index in [4.69, 9.17) is 0 Å². The molecule has 0 saturated carbocycles. The molecule has 168 valence electrons. The van der Waals surface area contributed by atoms with Gasteiger partial charge in [-0.3, -0.25) is 10.1 Å². The first-order valence-electron chi connectivity index (χ1n) is 10.5. The van der Waals surface area contributed by atoms with Crippen LogP contribution in [0, 0.1) is 0 Å². The van der Waals surface area contributed by atoms with Gasteiger partial charge in [-0.1, -0.05) is 41.7 Å². The van der Waals surface area contributed by atoms with E-state index in [1.54, 1.807) is 37.3 Å². The number of anilines is 2. The molecular formula is C22H25N5O3S2. The average molecular weight is 472 g/mol. The van der Waals surface area contributed by atoms with Crippen LogP contribution in [0.2, 0.25) is 0 Å². The van der Waals surface area contributed by atoms with E-state index in [2.05, 4.69) is 25.1 Å². The molecule has 8 nitrogen and oxygen atoms in total. The molecule has 1 aliphatic rings. The Hall–Kier alpha value is -2.82. The molecule has 2 heterocycles. The highest BCUT2D eigenvalue weighted by Crippen LogP contribution is 2.25. The fraction of sp³-hybridized carbons (Fsp3) is 0.318. The smallest absolute Gasteiger partial charge is 0.270 e. The minimum absolute atomic E-state index is 0.123. The van der Waals surface area contributed by atoms with E-state index in [0.29, 0.717) is 5.56 Å². The SMILES string of the molecule is CC(NS(=O)(=O)c1nnc(NC(=O)c2ccccc2)s1)c1ccc(N2CCCCC2)cc1. The zero-order valence-electron chi connectivity index (χ0n) is 17.7. The maximum atomic E-state index is 12.8. The largest absolute Gasteiger partial charge is 0.372 e. The van der Waals surface area contributed by atoms with Crippen molar-refractivity contribution in [3.63, 3.8) is 0 Å². The Bertz CT molecular complexity index is 1160. The van der Waals surface area contributed by atoms with Crippen LogP contribution in [0.5, 0.6) is 0 Å². The van der Waals surface area contributed by atoms with Crippen LogP contribution in [0.25, 0.3) is 0 Å². The van der Waals surface area contributed by atoms with E-state index in [1.807, 2.05) is 24.3 Å². The van der Waals surface area contributed by atoms with E-state index >= 15 is 0 Å². The Balaban J connectivity index is 1.40. The van der Waals surface area contributed by atoms with Crippen molar-refractivity contribution in [2.45, 2.75) is 36.6 Å². The van der Waals surface area contributed by atoms with Gasteiger partial charge >= 0.3 is 0 Å². The molecule has 3 aromatic rings. The lowest BCUT2D eigenvalue weighted by atomic mass is 10.1. The molecule has 1 atom stereocenters. The van der Waals surface area contributed by atoms with Crippen LogP contribution in [-0.4, -0.2) is 37.6 Å². The van der Waals surface area contributed by atoms with Crippen LogP contribution in [0.4, 0.5) is 10.8 Å². The predicted octanol–water partition coefficient (Wildman–Crippen LogP) is 3.82. The molecule has 2 N–H and O–H groups in total. The highest BCUT2D eigenvalue weighted by Gasteiger charge is 2.24. The second-order valence-electron chi connectivity index (χ2n) is 7.68. The number of sulfonamides is 1. The van der Waals surface area contributed by atoms with Crippen molar-refractivity contribution in [1.82, 2.24) is 14.9 Å². The number of amides is 1. The van der Waals surface area contributed by atoms with Gasteiger partial charge in [0.2, 0.25) is 9.47 Å². The van der Waals surface area contributed by atoms with Crippen LogP contribution in [0.1, 0.15) is 48.1 Å². The monoisotopic (exact) mass is 471 g/mol. The zero-order chi connectivity index (χ0) is 22.6. The lowest BCUT2D eigenvalue weighted by Crippen LogP contribution is -2.29. The lowest BCUT2D eigenvalue weighted by molar-refractivity contribution is 0.102. The van der Waals surface area contributed by atoms with Gasteiger partial charge in [-0.05, 0) is 56.0 Å². The number of hydrogen-bond acceptors (Lipinski definition) is 7. The number of carbonyl (C=O) groups excluding carboxylic acids is 1. The van der Waals surface area contributed by atoms with Crippen molar-refractivity contribution in [1.29, 1.82) is 0 Å². The Morgan fingerprint density at radius 2 is 1.69 bits per heavy atom. The highest BCUT2D eigenvalue weighted by atomic mass is 32.2. The van der Waals surface area contributed by atoms with Gasteiger partial charge in [-0.2, -0.15) is 0 Å². The van der Waals surface area contributed by atoms with Gasteiger partial charge in [0.05, 0.1) is 0 Å². The van der Waals surface area contributed by atoms with Crippen LogP contribution in [-0.2, 0) is 10.0 Å². The first-order valence-corrected chi connectivity index (χ1v) is 12.8. The molecule has 0 radical (unpaired) electrons. The maximum absolute atomic E-state index is 12.8. The van der Waals surface area contributed by atoms with Crippen molar-refractivity contribution in [3.8, 4) is 0 Å². The molecule has 32 heavy (non-hydrogen) atoms. The standard InChI is InChI=1S/C22H25N5O3S2/c1-16(17-10-12-19(13-11-17)27-14-6-3-7-15-27)26-32(29,30)22-25-24-21(31-22)23-20(28)18-8-4-2-5-9-18/h2,4-5,8-13,16,26H,3,6-7,14-15H2,1H3,(H,23,24,28). The molecule has 0 aliphatic carbocycles. The number of piperidine rings is 1. The van der Waals surface area contributed by atoms with Crippen molar-refractivity contribution >= 4 is 38.1 Å². The van der Waals surface area contributed by atoms with Crippen LogP contribution >= 0.6 is 11.3 Å². The van der Waals surface area contributed by atoms with E-state index in [1.165, 1.54) is 19.3 Å². The number of nitrogens with one attached hydrogen (secondary N) is 2. The number of rotatable bonds is 7. The number of nitrogens with zero attached hydrogens (tertiary/aromatic N) is 3. The van der Waals surface area contributed by atoms with Crippen LogP contribution in [0.3, 0.4) is 0 Å². The fourth-order valence-corrected chi connectivity index (χ4v) is 5.75. The zero-order valence-corrected chi connectivity index (χ0v) is 19.3. The van der Waals surface area contributed by atoms with Crippen molar-refractivity contribution < 1.29 is 13.2 Å². The quantitative estimate of drug-likeness (QED) is 0.508. The Morgan fingerprint density at radius 1 is 1.00 bits per heavy atom. The summed E-state index contributed by atoms with van der Waals surface area (Å²) in [6, 6.07) is 16.1. The predicted molar refractivity (Wildman–Crippen MR) is 126 cm³/mol. The Morgan fingerprint density at radius 3 is 2.38 bits per heavy atom. The minimum atomic E-state index is -3.88. The van der Waals surface area contributed by atoms with Gasteiger partial charge in [-0.25, -0.2) is 13.1 Å². The maximum Gasteiger partial charge on any atom is 0.270 e. The van der Waals surface area contributed by atoms with E-state index < -0.39 is 16.1 Å². The van der Waals surface area contributed by atoms with Crippen LogP contribution in [0.15, 0.2) is 58.9 Å². The lowest BCUT2D eigenvalue weighted by Gasteiger charge is -2.29. The summed E-state index contributed by atoms with van der Waals surface area (Å²) in [6.45, 7) is 3.90. The van der Waals surface area contributed by atoms with Gasteiger partial charge in [0, 0.05) is 30.4 Å². The topological polar surface area (TPSA) is 104 Å². The van der Waals surface area contributed by atoms with Gasteiger partial charge in [0.1, 0.15) is 0 Å². The molecule has 1 aromatic heterocycles. The molecule has 0 spiro atoms. The van der Waals surface area contributed by atoms with E-state index in [0.717, 1.165) is 35.7 Å². The molecule has 4 rings (SSSR count). The molecule has 0 bridgehead atoms. The average Bonchev–Trinajstić information content (AvgIpc) is 3.30. The number of benzene rings is 2. The fourth-order valence-electron chi connectivity index (χ4n) is 3.60. The molecule has 1 aliphatic heterocycles. The first kappa shape index (κ1) is 22.4. The normalized spacial score (nSPS) is 15.3.